The molecule has 0 spiro atoms. The summed E-state index contributed by atoms with van der Waals surface area (Å²) in [6.45, 7) is 5.08. The third-order valence-electron chi connectivity index (χ3n) is 3.57. The van der Waals surface area contributed by atoms with Crippen molar-refractivity contribution in [2.24, 2.45) is 4.99 Å². The Morgan fingerprint density at radius 3 is 2.50 bits per heavy atom. The fourth-order valence-corrected chi connectivity index (χ4v) is 2.57. The molecule has 0 aliphatic carbocycles. The van der Waals surface area contributed by atoms with Crippen LogP contribution in [0, 0.1) is 13.8 Å². The maximum absolute atomic E-state index is 11.9. The molecule has 3 N–H and O–H groups in total. The van der Waals surface area contributed by atoms with Crippen LogP contribution in [-0.4, -0.2) is 37.0 Å². The van der Waals surface area contributed by atoms with E-state index in [1.165, 1.54) is 16.7 Å². The molecule has 0 radical (unpaired) electrons. The van der Waals surface area contributed by atoms with E-state index >= 15 is 0 Å². The van der Waals surface area contributed by atoms with Crippen LogP contribution in [0.15, 0.2) is 47.7 Å². The number of nitrogens with one attached hydrogen (secondary N) is 3. The van der Waals surface area contributed by atoms with E-state index in [0.29, 0.717) is 11.6 Å². The van der Waals surface area contributed by atoms with E-state index in [0.717, 1.165) is 13.0 Å². The summed E-state index contributed by atoms with van der Waals surface area (Å²) in [4.78, 5) is 20.0. The van der Waals surface area contributed by atoms with Gasteiger partial charge in [0, 0.05) is 19.8 Å². The standard InChI is InChI=1S/C19H25N5O.HI/c1-14-9-15(2)11-16(10-14)6-8-22-19(20-3)23-13-18(25)24-17-5-4-7-21-12-17;/h4-5,7,9-12H,6,8,13H2,1-3H3,(H,24,25)(H2,20,22,23);1H. The first-order chi connectivity index (χ1) is 12.1. The second-order valence-electron chi connectivity index (χ2n) is 5.89. The minimum absolute atomic E-state index is 0. The fourth-order valence-electron chi connectivity index (χ4n) is 2.57. The van der Waals surface area contributed by atoms with E-state index in [1.807, 2.05) is 0 Å². The lowest BCUT2D eigenvalue weighted by Crippen LogP contribution is -2.42. The number of rotatable bonds is 6. The molecular formula is C19H26IN5O. The van der Waals surface area contributed by atoms with Crippen molar-refractivity contribution >= 4 is 41.5 Å². The maximum Gasteiger partial charge on any atom is 0.243 e. The van der Waals surface area contributed by atoms with Crippen LogP contribution in [0.2, 0.25) is 0 Å². The van der Waals surface area contributed by atoms with Crippen molar-refractivity contribution in [1.82, 2.24) is 15.6 Å². The highest BCUT2D eigenvalue weighted by Gasteiger charge is 2.04. The van der Waals surface area contributed by atoms with Crippen LogP contribution >= 0.6 is 24.0 Å². The Labute approximate surface area is 171 Å². The van der Waals surface area contributed by atoms with Gasteiger partial charge < -0.3 is 16.0 Å². The van der Waals surface area contributed by atoms with Gasteiger partial charge in [-0.1, -0.05) is 29.3 Å². The SMILES string of the molecule is CN=C(NCCc1cc(C)cc(C)c1)NCC(=O)Nc1cccnc1.I. The quantitative estimate of drug-likeness (QED) is 0.347. The highest BCUT2D eigenvalue weighted by atomic mass is 127. The molecule has 0 atom stereocenters. The number of halogens is 1. The number of carbonyl (C=O) groups excluding carboxylic acids is 1. The number of amides is 1. The van der Waals surface area contributed by atoms with E-state index in [1.54, 1.807) is 31.6 Å². The van der Waals surface area contributed by atoms with Gasteiger partial charge in [-0.15, -0.1) is 24.0 Å². The molecule has 2 rings (SSSR count). The average molecular weight is 467 g/mol. The van der Waals surface area contributed by atoms with E-state index in [-0.39, 0.29) is 36.4 Å². The summed E-state index contributed by atoms with van der Waals surface area (Å²) in [5, 5.41) is 9.00. The van der Waals surface area contributed by atoms with E-state index < -0.39 is 0 Å². The molecule has 0 aliphatic heterocycles. The Balaban J connectivity index is 0.00000338. The first-order valence-corrected chi connectivity index (χ1v) is 8.28. The summed E-state index contributed by atoms with van der Waals surface area (Å²) in [5.41, 5.74) is 4.50. The number of aliphatic imine (C=N–C) groups is 1. The topological polar surface area (TPSA) is 78.4 Å². The Hall–Kier alpha value is -2.16. The molecule has 0 fully saturated rings. The second-order valence-corrected chi connectivity index (χ2v) is 5.89. The molecular weight excluding hydrogens is 441 g/mol. The van der Waals surface area contributed by atoms with Crippen LogP contribution in [0.5, 0.6) is 0 Å². The highest BCUT2D eigenvalue weighted by Crippen LogP contribution is 2.08. The van der Waals surface area contributed by atoms with Crippen molar-refractivity contribution in [2.75, 3.05) is 25.5 Å². The van der Waals surface area contributed by atoms with Crippen LogP contribution in [0.4, 0.5) is 5.69 Å². The number of aromatic nitrogens is 1. The fraction of sp³-hybridized carbons (Fsp3) is 0.316. The van der Waals surface area contributed by atoms with Gasteiger partial charge in [0.15, 0.2) is 5.96 Å². The van der Waals surface area contributed by atoms with E-state index in [9.17, 15) is 4.79 Å². The molecule has 1 amide bonds. The number of anilines is 1. The van der Waals surface area contributed by atoms with Crippen LogP contribution in [-0.2, 0) is 11.2 Å². The number of aryl methyl sites for hydroxylation is 2. The zero-order chi connectivity index (χ0) is 18.1. The van der Waals surface area contributed by atoms with Gasteiger partial charge in [-0.05, 0) is 38.0 Å². The molecule has 7 heteroatoms. The molecule has 140 valence electrons. The summed E-state index contributed by atoms with van der Waals surface area (Å²) in [6.07, 6.45) is 4.16. The summed E-state index contributed by atoms with van der Waals surface area (Å²) >= 11 is 0. The molecule has 1 aromatic carbocycles. The minimum atomic E-state index is -0.148. The summed E-state index contributed by atoms with van der Waals surface area (Å²) in [5.74, 6) is 0.455. The third-order valence-corrected chi connectivity index (χ3v) is 3.57. The first kappa shape index (κ1) is 21.9. The normalized spacial score (nSPS) is 10.7. The lowest BCUT2D eigenvalue weighted by Gasteiger charge is -2.12. The third kappa shape index (κ3) is 7.81. The number of hydrogen-bond donors (Lipinski definition) is 3. The Morgan fingerprint density at radius 1 is 1.15 bits per heavy atom. The molecule has 2 aromatic rings. The van der Waals surface area contributed by atoms with Gasteiger partial charge in [-0.2, -0.15) is 0 Å². The highest BCUT2D eigenvalue weighted by molar-refractivity contribution is 14.0. The van der Waals surface area contributed by atoms with Crippen molar-refractivity contribution in [3.63, 3.8) is 0 Å². The summed E-state index contributed by atoms with van der Waals surface area (Å²) in [6, 6.07) is 10.1. The van der Waals surface area contributed by atoms with Gasteiger partial charge in [-0.25, -0.2) is 0 Å². The zero-order valence-electron chi connectivity index (χ0n) is 15.4. The van der Waals surface area contributed by atoms with Crippen molar-refractivity contribution in [3.8, 4) is 0 Å². The van der Waals surface area contributed by atoms with Crippen molar-refractivity contribution < 1.29 is 4.79 Å². The molecule has 1 aromatic heterocycles. The van der Waals surface area contributed by atoms with Gasteiger partial charge in [0.2, 0.25) is 5.91 Å². The Kier molecular flexibility index (Phi) is 9.64. The first-order valence-electron chi connectivity index (χ1n) is 8.28. The van der Waals surface area contributed by atoms with Crippen molar-refractivity contribution in [3.05, 3.63) is 59.4 Å². The lowest BCUT2D eigenvalue weighted by molar-refractivity contribution is -0.115. The van der Waals surface area contributed by atoms with Crippen LogP contribution in [0.3, 0.4) is 0 Å². The average Bonchev–Trinajstić information content (AvgIpc) is 2.58. The number of nitrogens with zero attached hydrogens (tertiary/aromatic N) is 2. The van der Waals surface area contributed by atoms with Crippen LogP contribution in [0.1, 0.15) is 16.7 Å². The molecule has 0 aliphatic rings. The largest absolute Gasteiger partial charge is 0.356 e. The van der Waals surface area contributed by atoms with Crippen molar-refractivity contribution in [2.45, 2.75) is 20.3 Å². The predicted octanol–water partition coefficient (Wildman–Crippen LogP) is 2.66. The summed E-state index contributed by atoms with van der Waals surface area (Å²) in [7, 11) is 1.69. The van der Waals surface area contributed by atoms with Gasteiger partial charge in [0.25, 0.3) is 0 Å². The minimum Gasteiger partial charge on any atom is -0.356 e. The molecule has 0 unspecified atom stereocenters. The van der Waals surface area contributed by atoms with Gasteiger partial charge in [-0.3, -0.25) is 14.8 Å². The monoisotopic (exact) mass is 467 g/mol. The number of hydrogen-bond acceptors (Lipinski definition) is 3. The Bertz CT molecular complexity index is 714. The predicted molar refractivity (Wildman–Crippen MR) is 117 cm³/mol. The smallest absolute Gasteiger partial charge is 0.243 e. The number of pyridine rings is 1. The second kappa shape index (κ2) is 11.5. The Morgan fingerprint density at radius 2 is 1.88 bits per heavy atom. The molecule has 26 heavy (non-hydrogen) atoms. The van der Waals surface area contributed by atoms with Gasteiger partial charge in [0.1, 0.15) is 0 Å². The molecule has 0 saturated carbocycles. The van der Waals surface area contributed by atoms with E-state index in [2.05, 4.69) is 58.0 Å². The van der Waals surface area contributed by atoms with Gasteiger partial charge >= 0.3 is 0 Å². The van der Waals surface area contributed by atoms with Crippen LogP contribution < -0.4 is 16.0 Å². The molecule has 1 heterocycles. The number of benzene rings is 1. The zero-order valence-corrected chi connectivity index (χ0v) is 17.7. The molecule has 0 saturated heterocycles. The maximum atomic E-state index is 11.9. The number of carbonyl (C=O) groups is 1. The van der Waals surface area contributed by atoms with Crippen LogP contribution in [0.25, 0.3) is 0 Å². The summed E-state index contributed by atoms with van der Waals surface area (Å²) < 4.78 is 0. The van der Waals surface area contributed by atoms with Gasteiger partial charge in [0.05, 0.1) is 18.4 Å². The number of guanidine groups is 1. The molecule has 0 bridgehead atoms. The van der Waals surface area contributed by atoms with E-state index in [4.69, 9.17) is 0 Å². The lowest BCUT2D eigenvalue weighted by atomic mass is 10.1. The molecule has 6 nitrogen and oxygen atoms in total. The van der Waals surface area contributed by atoms with Crippen molar-refractivity contribution in [1.29, 1.82) is 0 Å².